The summed E-state index contributed by atoms with van der Waals surface area (Å²) in [7, 11) is 0. The third-order valence-electron chi connectivity index (χ3n) is 15.0. The predicted molar refractivity (Wildman–Crippen MR) is 320 cm³/mol. The molecular weight excluding hydrogens is 917 g/mol. The van der Waals surface area contributed by atoms with Gasteiger partial charge in [0, 0.05) is 44.3 Å². The van der Waals surface area contributed by atoms with Crippen LogP contribution in [0.25, 0.3) is 90.9 Å². The number of carboxylic acid groups (broad SMARTS) is 1. The number of aromatic nitrogens is 4. The largest absolute Gasteiger partial charge is 0.478 e. The van der Waals surface area contributed by atoms with Crippen LogP contribution in [0, 0.1) is 0 Å². The second kappa shape index (κ2) is 18.4. The third kappa shape index (κ3) is 9.89. The molecular formula is C69H78N4O2. The monoisotopic (exact) mass is 995 g/mol. The summed E-state index contributed by atoms with van der Waals surface area (Å²) in [5.41, 5.74) is 21.7. The quantitative estimate of drug-likeness (QED) is 0.160. The number of nitrogens with zero attached hydrogens (tertiary/aromatic N) is 2. The molecule has 0 radical (unpaired) electrons. The molecule has 0 aliphatic carbocycles. The van der Waals surface area contributed by atoms with Crippen LogP contribution in [0.15, 0.2) is 103 Å². The lowest BCUT2D eigenvalue weighted by atomic mass is 9.74. The molecule has 2 aliphatic rings. The van der Waals surface area contributed by atoms with E-state index in [-0.39, 0.29) is 38.1 Å². The molecule has 8 bridgehead atoms. The van der Waals surface area contributed by atoms with E-state index in [0.717, 1.165) is 72.7 Å². The minimum absolute atomic E-state index is 0.211. The summed E-state index contributed by atoms with van der Waals surface area (Å²) in [4.78, 5) is 32.0. The fourth-order valence-corrected chi connectivity index (χ4v) is 11.3. The zero-order valence-corrected chi connectivity index (χ0v) is 47.9. The van der Waals surface area contributed by atoms with Crippen LogP contribution in [0.5, 0.6) is 0 Å². The zero-order chi connectivity index (χ0) is 54.5. The standard InChI is InChI=1S/C69H78N4O2/c1-64(2,3)42-22-19-23-43(65(4,5)6)57(42)60-50-34-32-48(70-50)56(40-28-30-41(31-29-40)63(74)75)49-33-35-51(71-49)61(58-44(66(7,8)9)24-20-25-45(58)67(10,11)12)53-37-39-55(73-53)62(54-38-36-52(60)72-54)59-46(68(13,14)15)26-21-27-47(59)69(16,17)18/h19-39,70,73H,1-18H3,(H,74,75). The number of aromatic amines is 2. The van der Waals surface area contributed by atoms with Crippen molar-refractivity contribution in [2.75, 3.05) is 0 Å². The summed E-state index contributed by atoms with van der Waals surface area (Å²) in [5, 5.41) is 10.1. The molecule has 0 fully saturated rings. The molecule has 0 saturated carbocycles. The van der Waals surface area contributed by atoms with Crippen molar-refractivity contribution >= 4 is 52.3 Å². The lowest BCUT2D eigenvalue weighted by Crippen LogP contribution is -2.19. The van der Waals surface area contributed by atoms with Crippen LogP contribution in [-0.2, 0) is 32.5 Å². The average molecular weight is 995 g/mol. The van der Waals surface area contributed by atoms with E-state index in [1.54, 1.807) is 12.1 Å². The van der Waals surface area contributed by atoms with Crippen molar-refractivity contribution in [3.63, 3.8) is 0 Å². The second-order valence-electron chi connectivity index (χ2n) is 27.1. The molecule has 75 heavy (non-hydrogen) atoms. The Morgan fingerprint density at radius 3 is 0.813 bits per heavy atom. The van der Waals surface area contributed by atoms with Gasteiger partial charge in [0.1, 0.15) is 0 Å². The van der Waals surface area contributed by atoms with Gasteiger partial charge in [0.15, 0.2) is 0 Å². The van der Waals surface area contributed by atoms with Crippen LogP contribution in [-0.4, -0.2) is 31.0 Å². The summed E-state index contributed by atoms with van der Waals surface area (Å²) in [6.45, 7) is 41.5. The maximum atomic E-state index is 12.3. The Bertz CT molecular complexity index is 3490. The van der Waals surface area contributed by atoms with Gasteiger partial charge in [-0.25, -0.2) is 14.8 Å². The van der Waals surface area contributed by atoms with Crippen LogP contribution in [0.3, 0.4) is 0 Å². The number of carbonyl (C=O) groups is 1. The zero-order valence-electron chi connectivity index (χ0n) is 47.9. The Hall–Kier alpha value is -7.05. The molecule has 3 aromatic heterocycles. The van der Waals surface area contributed by atoms with Gasteiger partial charge in [-0.2, -0.15) is 0 Å². The molecule has 2 aliphatic heterocycles. The van der Waals surface area contributed by atoms with E-state index in [4.69, 9.17) is 9.97 Å². The number of fused-ring (bicyclic) bond motifs is 8. The summed E-state index contributed by atoms with van der Waals surface area (Å²) in [5.74, 6) is -0.970. The number of nitrogens with one attached hydrogen (secondary N) is 2. The number of benzene rings is 4. The van der Waals surface area contributed by atoms with Crippen LogP contribution < -0.4 is 0 Å². The summed E-state index contributed by atoms with van der Waals surface area (Å²) >= 11 is 0. The highest BCUT2D eigenvalue weighted by Crippen LogP contribution is 2.49. The SMILES string of the molecule is CC(C)(C)c1cccc(C(C)(C)C)c1-c1c2nc(c(-c3c(C(C)(C)C)cccc3C(C)(C)C)c3ccc([nH]3)c(-c3c(C(C)(C)C)cccc3C(C)(C)C)c3nc(c(-c4ccc(C(=O)O)cc4)c4ccc1[nH]4)C=C3)C=C2. The fraction of sp³-hybridized carbons (Fsp3) is 0.348. The molecule has 0 unspecified atom stereocenters. The topological polar surface area (TPSA) is 94.7 Å². The van der Waals surface area contributed by atoms with Gasteiger partial charge < -0.3 is 15.1 Å². The molecule has 5 heterocycles. The minimum Gasteiger partial charge on any atom is -0.478 e. The van der Waals surface area contributed by atoms with E-state index in [1.165, 1.54) is 50.1 Å². The third-order valence-corrected chi connectivity index (χ3v) is 15.0. The molecule has 6 nitrogen and oxygen atoms in total. The van der Waals surface area contributed by atoms with Crippen molar-refractivity contribution in [3.8, 4) is 44.5 Å². The van der Waals surface area contributed by atoms with Gasteiger partial charge >= 0.3 is 5.97 Å². The normalized spacial score (nSPS) is 13.5. The molecule has 6 heteroatoms. The van der Waals surface area contributed by atoms with Crippen molar-refractivity contribution in [3.05, 3.63) is 165 Å². The Labute approximate surface area is 446 Å². The van der Waals surface area contributed by atoms with E-state index in [9.17, 15) is 9.90 Å². The first-order chi connectivity index (χ1) is 34.8. The van der Waals surface area contributed by atoms with Crippen LogP contribution in [0.4, 0.5) is 0 Å². The first-order valence-corrected chi connectivity index (χ1v) is 26.8. The van der Waals surface area contributed by atoms with Gasteiger partial charge in [-0.15, -0.1) is 0 Å². The smallest absolute Gasteiger partial charge is 0.335 e. The van der Waals surface area contributed by atoms with E-state index in [2.05, 4.69) is 238 Å². The highest BCUT2D eigenvalue weighted by atomic mass is 16.4. The van der Waals surface area contributed by atoms with Crippen molar-refractivity contribution in [2.45, 2.75) is 157 Å². The Kier molecular flexibility index (Phi) is 12.9. The first-order valence-electron chi connectivity index (χ1n) is 26.8. The Balaban J connectivity index is 1.61. The van der Waals surface area contributed by atoms with Gasteiger partial charge in [0.05, 0.1) is 28.3 Å². The highest BCUT2D eigenvalue weighted by Gasteiger charge is 2.33. The maximum absolute atomic E-state index is 12.3. The predicted octanol–water partition coefficient (Wildman–Crippen LogP) is 18.8. The number of hydrogen-bond donors (Lipinski definition) is 3. The number of hydrogen-bond acceptors (Lipinski definition) is 3. The molecule has 0 atom stereocenters. The molecule has 0 amide bonds. The van der Waals surface area contributed by atoms with Crippen LogP contribution in [0.2, 0.25) is 0 Å². The van der Waals surface area contributed by atoms with Crippen molar-refractivity contribution in [2.24, 2.45) is 0 Å². The molecule has 0 spiro atoms. The fourth-order valence-electron chi connectivity index (χ4n) is 11.3. The van der Waals surface area contributed by atoms with E-state index < -0.39 is 5.97 Å². The molecule has 0 saturated heterocycles. The Morgan fingerprint density at radius 2 is 0.573 bits per heavy atom. The summed E-state index contributed by atoms with van der Waals surface area (Å²) < 4.78 is 0. The molecule has 4 aromatic carbocycles. The van der Waals surface area contributed by atoms with Gasteiger partial charge in [0.25, 0.3) is 0 Å². The molecule has 386 valence electrons. The summed E-state index contributed by atoms with van der Waals surface area (Å²) in [6.07, 6.45) is 8.75. The lowest BCUT2D eigenvalue weighted by molar-refractivity contribution is 0.0697. The van der Waals surface area contributed by atoms with Crippen LogP contribution >= 0.6 is 0 Å². The van der Waals surface area contributed by atoms with Gasteiger partial charge in [0.2, 0.25) is 0 Å². The molecule has 9 rings (SSSR count). The number of H-pyrrole nitrogens is 2. The summed E-state index contributed by atoms with van der Waals surface area (Å²) in [6, 6.07) is 36.4. The van der Waals surface area contributed by atoms with E-state index in [0.29, 0.717) is 0 Å². The lowest BCUT2D eigenvalue weighted by Gasteiger charge is -2.31. The van der Waals surface area contributed by atoms with Crippen LogP contribution in [0.1, 0.15) is 191 Å². The van der Waals surface area contributed by atoms with Crippen molar-refractivity contribution in [1.29, 1.82) is 0 Å². The van der Waals surface area contributed by atoms with E-state index >= 15 is 0 Å². The Morgan fingerprint density at radius 1 is 0.333 bits per heavy atom. The van der Waals surface area contributed by atoms with Gasteiger partial charge in [-0.1, -0.05) is 191 Å². The van der Waals surface area contributed by atoms with E-state index in [1.807, 2.05) is 12.1 Å². The second-order valence-corrected chi connectivity index (χ2v) is 27.1. The van der Waals surface area contributed by atoms with Crippen molar-refractivity contribution < 1.29 is 9.90 Å². The molecule has 3 N–H and O–H groups in total. The van der Waals surface area contributed by atoms with Gasteiger partial charge in [-0.3, -0.25) is 0 Å². The highest BCUT2D eigenvalue weighted by molar-refractivity contribution is 6.02. The van der Waals surface area contributed by atoms with Gasteiger partial charge in [-0.05, 0) is 149 Å². The first kappa shape index (κ1) is 52.8. The molecule has 7 aromatic rings. The average Bonchev–Trinajstić information content (AvgIpc) is 4.16. The number of carboxylic acids is 1. The maximum Gasteiger partial charge on any atom is 0.335 e. The minimum atomic E-state index is -0.970. The van der Waals surface area contributed by atoms with Crippen molar-refractivity contribution in [1.82, 2.24) is 19.9 Å². The number of rotatable bonds is 5. The number of aromatic carboxylic acids is 1.